The van der Waals surface area contributed by atoms with Gasteiger partial charge in [0, 0.05) is 19.8 Å². The first-order valence-electron chi connectivity index (χ1n) is 7.92. The van der Waals surface area contributed by atoms with Gasteiger partial charge < -0.3 is 10.1 Å². The molecule has 0 spiro atoms. The summed E-state index contributed by atoms with van der Waals surface area (Å²) in [4.78, 5) is 0. The topological polar surface area (TPSA) is 21.3 Å². The van der Waals surface area contributed by atoms with Crippen molar-refractivity contribution < 1.29 is 4.74 Å². The standard InChI is InChI=1S/C16H33NO/c1-4-10-16(2,14-17-3)11-6-5-7-15-8-12-18-13-9-15/h15,17H,4-14H2,1-3H3. The molecule has 18 heavy (non-hydrogen) atoms. The Morgan fingerprint density at radius 3 is 2.50 bits per heavy atom. The van der Waals surface area contributed by atoms with Gasteiger partial charge in [0.25, 0.3) is 0 Å². The zero-order chi connectivity index (χ0) is 13.3. The number of hydrogen-bond acceptors (Lipinski definition) is 2. The molecule has 1 N–H and O–H groups in total. The van der Waals surface area contributed by atoms with Crippen LogP contribution in [0.2, 0.25) is 0 Å². The molecule has 1 atom stereocenters. The Kier molecular flexibility index (Phi) is 7.92. The Morgan fingerprint density at radius 1 is 1.17 bits per heavy atom. The molecule has 1 saturated heterocycles. The summed E-state index contributed by atoms with van der Waals surface area (Å²) < 4.78 is 5.42. The SMILES string of the molecule is CCCC(C)(CCCCC1CCOCC1)CNC. The first-order chi connectivity index (χ1) is 8.70. The van der Waals surface area contributed by atoms with Crippen LogP contribution in [0.25, 0.3) is 0 Å². The van der Waals surface area contributed by atoms with Gasteiger partial charge in [-0.25, -0.2) is 0 Å². The smallest absolute Gasteiger partial charge is 0.0468 e. The minimum atomic E-state index is 0.513. The van der Waals surface area contributed by atoms with Crippen molar-refractivity contribution >= 4 is 0 Å². The second kappa shape index (κ2) is 8.92. The largest absolute Gasteiger partial charge is 0.381 e. The molecule has 0 radical (unpaired) electrons. The zero-order valence-corrected chi connectivity index (χ0v) is 12.8. The molecule has 0 aliphatic carbocycles. The summed E-state index contributed by atoms with van der Waals surface area (Å²) in [5.74, 6) is 0.945. The van der Waals surface area contributed by atoms with Crippen molar-refractivity contribution in [3.63, 3.8) is 0 Å². The summed E-state index contributed by atoms with van der Waals surface area (Å²) in [5.41, 5.74) is 0.513. The molecule has 1 heterocycles. The molecule has 0 aromatic rings. The molecule has 108 valence electrons. The molecule has 0 aromatic carbocycles. The van der Waals surface area contributed by atoms with Crippen LogP contribution in [0.3, 0.4) is 0 Å². The van der Waals surface area contributed by atoms with E-state index in [-0.39, 0.29) is 0 Å². The van der Waals surface area contributed by atoms with Gasteiger partial charge in [0.05, 0.1) is 0 Å². The van der Waals surface area contributed by atoms with Crippen molar-refractivity contribution in [3.8, 4) is 0 Å². The van der Waals surface area contributed by atoms with E-state index in [0.29, 0.717) is 5.41 Å². The molecular formula is C16H33NO. The lowest BCUT2D eigenvalue weighted by Gasteiger charge is -2.29. The van der Waals surface area contributed by atoms with Crippen LogP contribution < -0.4 is 5.32 Å². The Bertz CT molecular complexity index is 193. The third kappa shape index (κ3) is 6.19. The average Bonchev–Trinajstić information content (AvgIpc) is 2.37. The molecule has 1 aliphatic rings. The van der Waals surface area contributed by atoms with Gasteiger partial charge in [0.15, 0.2) is 0 Å². The normalized spacial score (nSPS) is 20.8. The van der Waals surface area contributed by atoms with E-state index in [0.717, 1.165) is 25.7 Å². The lowest BCUT2D eigenvalue weighted by atomic mass is 9.80. The lowest BCUT2D eigenvalue weighted by molar-refractivity contribution is 0.0627. The molecular weight excluding hydrogens is 222 g/mol. The summed E-state index contributed by atoms with van der Waals surface area (Å²) in [7, 11) is 2.08. The summed E-state index contributed by atoms with van der Waals surface area (Å²) >= 11 is 0. The van der Waals surface area contributed by atoms with Crippen molar-refractivity contribution in [1.82, 2.24) is 5.32 Å². The first-order valence-corrected chi connectivity index (χ1v) is 7.92. The highest BCUT2D eigenvalue weighted by molar-refractivity contribution is 4.76. The fourth-order valence-electron chi connectivity index (χ4n) is 3.35. The Balaban J connectivity index is 2.13. The molecule has 0 amide bonds. The van der Waals surface area contributed by atoms with Gasteiger partial charge in [0.1, 0.15) is 0 Å². The molecule has 0 aromatic heterocycles. The van der Waals surface area contributed by atoms with E-state index >= 15 is 0 Å². The molecule has 1 rings (SSSR count). The Labute approximate surface area is 114 Å². The molecule has 2 heteroatoms. The highest BCUT2D eigenvalue weighted by Crippen LogP contribution is 2.30. The maximum absolute atomic E-state index is 5.42. The van der Waals surface area contributed by atoms with Gasteiger partial charge in [0.2, 0.25) is 0 Å². The van der Waals surface area contributed by atoms with Gasteiger partial charge in [-0.15, -0.1) is 0 Å². The zero-order valence-electron chi connectivity index (χ0n) is 12.8. The third-order valence-electron chi connectivity index (χ3n) is 4.44. The predicted octanol–water partition coefficient (Wildman–Crippen LogP) is 4.00. The van der Waals surface area contributed by atoms with Crippen LogP contribution in [-0.4, -0.2) is 26.8 Å². The highest BCUT2D eigenvalue weighted by Gasteiger charge is 2.22. The van der Waals surface area contributed by atoms with E-state index < -0.39 is 0 Å². The van der Waals surface area contributed by atoms with Crippen molar-refractivity contribution in [2.75, 3.05) is 26.8 Å². The van der Waals surface area contributed by atoms with Crippen LogP contribution in [0, 0.1) is 11.3 Å². The maximum atomic E-state index is 5.42. The number of rotatable bonds is 9. The van der Waals surface area contributed by atoms with Crippen molar-refractivity contribution in [3.05, 3.63) is 0 Å². The number of unbranched alkanes of at least 4 members (excludes halogenated alkanes) is 1. The van der Waals surface area contributed by atoms with E-state index in [1.807, 2.05) is 0 Å². The Morgan fingerprint density at radius 2 is 1.89 bits per heavy atom. The molecule has 1 fully saturated rings. The molecule has 1 aliphatic heterocycles. The average molecular weight is 255 g/mol. The van der Waals surface area contributed by atoms with Gasteiger partial charge in [-0.2, -0.15) is 0 Å². The summed E-state index contributed by atoms with van der Waals surface area (Å²) in [6, 6.07) is 0. The second-order valence-electron chi connectivity index (χ2n) is 6.39. The van der Waals surface area contributed by atoms with Crippen LogP contribution in [-0.2, 0) is 4.74 Å². The van der Waals surface area contributed by atoms with Gasteiger partial charge in [-0.3, -0.25) is 0 Å². The van der Waals surface area contributed by atoms with Gasteiger partial charge in [-0.1, -0.05) is 39.5 Å². The molecule has 1 unspecified atom stereocenters. The molecule has 0 saturated carbocycles. The summed E-state index contributed by atoms with van der Waals surface area (Å²) in [5, 5.41) is 3.37. The van der Waals surface area contributed by atoms with E-state index in [2.05, 4.69) is 26.2 Å². The highest BCUT2D eigenvalue weighted by atomic mass is 16.5. The van der Waals surface area contributed by atoms with Crippen LogP contribution in [0.1, 0.15) is 65.2 Å². The molecule has 0 bridgehead atoms. The van der Waals surface area contributed by atoms with E-state index in [1.165, 1.54) is 51.4 Å². The van der Waals surface area contributed by atoms with Crippen molar-refractivity contribution in [1.29, 1.82) is 0 Å². The van der Waals surface area contributed by atoms with Crippen LogP contribution in [0.4, 0.5) is 0 Å². The summed E-state index contributed by atoms with van der Waals surface area (Å²) in [6.45, 7) is 7.91. The van der Waals surface area contributed by atoms with Crippen LogP contribution in [0.5, 0.6) is 0 Å². The number of hydrogen-bond donors (Lipinski definition) is 1. The van der Waals surface area contributed by atoms with Gasteiger partial charge >= 0.3 is 0 Å². The van der Waals surface area contributed by atoms with Crippen molar-refractivity contribution in [2.45, 2.75) is 65.2 Å². The van der Waals surface area contributed by atoms with E-state index in [4.69, 9.17) is 4.74 Å². The molecule has 2 nitrogen and oxygen atoms in total. The van der Waals surface area contributed by atoms with Crippen LogP contribution in [0.15, 0.2) is 0 Å². The van der Waals surface area contributed by atoms with Crippen molar-refractivity contribution in [2.24, 2.45) is 11.3 Å². The van der Waals surface area contributed by atoms with E-state index in [9.17, 15) is 0 Å². The predicted molar refractivity (Wildman–Crippen MR) is 79.0 cm³/mol. The number of ether oxygens (including phenoxy) is 1. The monoisotopic (exact) mass is 255 g/mol. The quantitative estimate of drug-likeness (QED) is 0.629. The number of nitrogens with one attached hydrogen (secondary N) is 1. The van der Waals surface area contributed by atoms with Crippen LogP contribution >= 0.6 is 0 Å². The van der Waals surface area contributed by atoms with Gasteiger partial charge in [-0.05, 0) is 44.1 Å². The Hall–Kier alpha value is -0.0800. The fraction of sp³-hybridized carbons (Fsp3) is 1.00. The first kappa shape index (κ1) is 16.0. The third-order valence-corrected chi connectivity index (χ3v) is 4.44. The maximum Gasteiger partial charge on any atom is 0.0468 e. The minimum Gasteiger partial charge on any atom is -0.381 e. The van der Waals surface area contributed by atoms with E-state index in [1.54, 1.807) is 0 Å². The lowest BCUT2D eigenvalue weighted by Crippen LogP contribution is -2.29. The minimum absolute atomic E-state index is 0.513. The second-order valence-corrected chi connectivity index (χ2v) is 6.39. The fourth-order valence-corrected chi connectivity index (χ4v) is 3.35. The summed E-state index contributed by atoms with van der Waals surface area (Å²) in [6.07, 6.45) is 10.9.